The Morgan fingerprint density at radius 3 is 2.92 bits per heavy atom. The fourth-order valence-electron chi connectivity index (χ4n) is 0.931. The van der Waals surface area contributed by atoms with Gasteiger partial charge in [0.05, 0.1) is 11.1 Å². The van der Waals surface area contributed by atoms with Gasteiger partial charge in [0.2, 0.25) is 0 Å². The van der Waals surface area contributed by atoms with Gasteiger partial charge in [-0.2, -0.15) is 0 Å². The van der Waals surface area contributed by atoms with Crippen LogP contribution in [0.3, 0.4) is 0 Å². The summed E-state index contributed by atoms with van der Waals surface area (Å²) in [7, 11) is 0. The van der Waals surface area contributed by atoms with E-state index >= 15 is 0 Å². The largest absolute Gasteiger partial charge is 0.506 e. The maximum Gasteiger partial charge on any atom is 0.133 e. The molecule has 0 radical (unpaired) electrons. The number of aromatic hydroxyl groups is 1. The van der Waals surface area contributed by atoms with Crippen LogP contribution in [0, 0.1) is 0 Å². The molecule has 0 amide bonds. The summed E-state index contributed by atoms with van der Waals surface area (Å²) in [6, 6.07) is 5.47. The van der Waals surface area contributed by atoms with Crippen LogP contribution in [0.15, 0.2) is 22.7 Å². The third kappa shape index (κ3) is 2.20. The van der Waals surface area contributed by atoms with Crippen LogP contribution in [-0.4, -0.2) is 11.7 Å². The summed E-state index contributed by atoms with van der Waals surface area (Å²) in [6.45, 7) is 0.407. The molecule has 3 N–H and O–H groups in total. The number of phenols is 1. The lowest BCUT2D eigenvalue weighted by atomic mass is 10.1. The van der Waals surface area contributed by atoms with E-state index < -0.39 is 0 Å². The van der Waals surface area contributed by atoms with Crippen molar-refractivity contribution in [3.63, 3.8) is 0 Å². The SMILES string of the molecule is NOCCc1cccc(Br)c1O. The normalized spacial score (nSPS) is 10.2. The van der Waals surface area contributed by atoms with Crippen molar-refractivity contribution in [1.29, 1.82) is 0 Å². The van der Waals surface area contributed by atoms with Gasteiger partial charge in [0.15, 0.2) is 0 Å². The van der Waals surface area contributed by atoms with E-state index in [0.29, 0.717) is 17.5 Å². The third-order valence-corrected chi connectivity index (χ3v) is 2.20. The first-order valence-corrected chi connectivity index (χ1v) is 4.33. The first-order chi connectivity index (χ1) is 5.75. The average molecular weight is 232 g/mol. The van der Waals surface area contributed by atoms with Crippen molar-refractivity contribution < 1.29 is 9.94 Å². The summed E-state index contributed by atoms with van der Waals surface area (Å²) in [6.07, 6.45) is 0.613. The zero-order chi connectivity index (χ0) is 8.97. The van der Waals surface area contributed by atoms with Crippen molar-refractivity contribution in [2.24, 2.45) is 5.90 Å². The molecule has 0 unspecified atom stereocenters. The lowest BCUT2D eigenvalue weighted by Gasteiger charge is -2.04. The average Bonchev–Trinajstić information content (AvgIpc) is 2.08. The maximum atomic E-state index is 9.48. The Hall–Kier alpha value is -0.580. The minimum atomic E-state index is 0.259. The molecular formula is C8H10BrNO2. The van der Waals surface area contributed by atoms with Gasteiger partial charge >= 0.3 is 0 Å². The number of hydrogen-bond acceptors (Lipinski definition) is 3. The van der Waals surface area contributed by atoms with Crippen LogP contribution in [0.5, 0.6) is 5.75 Å². The molecule has 0 aliphatic heterocycles. The molecule has 0 aliphatic carbocycles. The van der Waals surface area contributed by atoms with Gasteiger partial charge in [-0.25, -0.2) is 5.90 Å². The molecule has 0 spiro atoms. The molecule has 0 fully saturated rings. The Kier molecular flexibility index (Phi) is 3.52. The topological polar surface area (TPSA) is 55.5 Å². The van der Waals surface area contributed by atoms with Crippen molar-refractivity contribution in [3.05, 3.63) is 28.2 Å². The Bertz CT molecular complexity index is 265. The third-order valence-electron chi connectivity index (χ3n) is 1.56. The summed E-state index contributed by atoms with van der Waals surface area (Å²) in [5.41, 5.74) is 0.829. The maximum absolute atomic E-state index is 9.48. The Morgan fingerprint density at radius 2 is 2.25 bits per heavy atom. The summed E-state index contributed by atoms with van der Waals surface area (Å²) in [5, 5.41) is 9.48. The Balaban J connectivity index is 2.78. The van der Waals surface area contributed by atoms with Gasteiger partial charge in [-0.05, 0) is 27.6 Å². The molecule has 0 saturated carbocycles. The van der Waals surface area contributed by atoms with E-state index in [1.165, 1.54) is 0 Å². The van der Waals surface area contributed by atoms with Gasteiger partial charge in [-0.3, -0.25) is 0 Å². The number of benzene rings is 1. The quantitative estimate of drug-likeness (QED) is 0.778. The van der Waals surface area contributed by atoms with Crippen molar-refractivity contribution in [3.8, 4) is 5.75 Å². The zero-order valence-electron chi connectivity index (χ0n) is 6.46. The van der Waals surface area contributed by atoms with Gasteiger partial charge < -0.3 is 9.94 Å². The first kappa shape index (κ1) is 9.51. The molecule has 0 heterocycles. The number of halogens is 1. The molecule has 1 aromatic carbocycles. The molecule has 0 aromatic heterocycles. The van der Waals surface area contributed by atoms with Gasteiger partial charge in [0, 0.05) is 6.42 Å². The molecule has 4 heteroatoms. The highest BCUT2D eigenvalue weighted by Gasteiger charge is 2.03. The molecule has 66 valence electrons. The highest BCUT2D eigenvalue weighted by atomic mass is 79.9. The van der Waals surface area contributed by atoms with Crippen molar-refractivity contribution >= 4 is 15.9 Å². The fraction of sp³-hybridized carbons (Fsp3) is 0.250. The van der Waals surface area contributed by atoms with E-state index in [4.69, 9.17) is 5.90 Å². The summed E-state index contributed by atoms with van der Waals surface area (Å²) >= 11 is 3.22. The van der Waals surface area contributed by atoms with Crippen LogP contribution < -0.4 is 5.90 Å². The van der Waals surface area contributed by atoms with Crippen molar-refractivity contribution in [2.45, 2.75) is 6.42 Å². The lowest BCUT2D eigenvalue weighted by Crippen LogP contribution is -2.03. The van der Waals surface area contributed by atoms with Crippen LogP contribution in [0.1, 0.15) is 5.56 Å². The van der Waals surface area contributed by atoms with Gasteiger partial charge in [-0.1, -0.05) is 12.1 Å². The van der Waals surface area contributed by atoms with E-state index in [1.54, 1.807) is 6.07 Å². The number of nitrogens with two attached hydrogens (primary N) is 1. The standard InChI is InChI=1S/C8H10BrNO2/c9-7-3-1-2-6(8(7)11)4-5-12-10/h1-3,11H,4-5,10H2. The van der Waals surface area contributed by atoms with E-state index in [9.17, 15) is 5.11 Å². The van der Waals surface area contributed by atoms with Gasteiger partial charge in [-0.15, -0.1) is 0 Å². The summed E-state index contributed by atoms with van der Waals surface area (Å²) in [5.74, 6) is 5.13. The molecular weight excluding hydrogens is 222 g/mol. The highest BCUT2D eigenvalue weighted by molar-refractivity contribution is 9.10. The number of phenolic OH excluding ortho intramolecular Hbond substituents is 1. The van der Waals surface area contributed by atoms with Gasteiger partial charge in [0.25, 0.3) is 0 Å². The molecule has 0 aliphatic rings. The van der Waals surface area contributed by atoms with E-state index in [1.807, 2.05) is 12.1 Å². The minimum Gasteiger partial charge on any atom is -0.506 e. The van der Waals surface area contributed by atoms with E-state index in [-0.39, 0.29) is 5.75 Å². The highest BCUT2D eigenvalue weighted by Crippen LogP contribution is 2.27. The predicted molar refractivity (Wildman–Crippen MR) is 49.7 cm³/mol. The molecule has 12 heavy (non-hydrogen) atoms. The smallest absolute Gasteiger partial charge is 0.133 e. The first-order valence-electron chi connectivity index (χ1n) is 3.53. The monoisotopic (exact) mass is 231 g/mol. The fourth-order valence-corrected chi connectivity index (χ4v) is 1.34. The second-order valence-corrected chi connectivity index (χ2v) is 3.22. The number of hydrogen-bond donors (Lipinski definition) is 2. The van der Waals surface area contributed by atoms with E-state index in [0.717, 1.165) is 5.56 Å². The predicted octanol–water partition coefficient (Wildman–Crippen LogP) is 1.59. The van der Waals surface area contributed by atoms with Crippen molar-refractivity contribution in [2.75, 3.05) is 6.61 Å². The van der Waals surface area contributed by atoms with Crippen LogP contribution in [-0.2, 0) is 11.3 Å². The molecule has 1 rings (SSSR count). The molecule has 0 bridgehead atoms. The van der Waals surface area contributed by atoms with Crippen LogP contribution in [0.4, 0.5) is 0 Å². The second kappa shape index (κ2) is 4.45. The van der Waals surface area contributed by atoms with Crippen LogP contribution in [0.2, 0.25) is 0 Å². The second-order valence-electron chi connectivity index (χ2n) is 2.37. The molecule has 3 nitrogen and oxygen atoms in total. The number of para-hydroxylation sites is 1. The lowest BCUT2D eigenvalue weighted by molar-refractivity contribution is 0.140. The van der Waals surface area contributed by atoms with Crippen LogP contribution >= 0.6 is 15.9 Å². The Morgan fingerprint density at radius 1 is 1.50 bits per heavy atom. The van der Waals surface area contributed by atoms with E-state index in [2.05, 4.69) is 20.8 Å². The zero-order valence-corrected chi connectivity index (χ0v) is 8.04. The number of rotatable bonds is 3. The summed E-state index contributed by atoms with van der Waals surface area (Å²) in [4.78, 5) is 4.41. The summed E-state index contributed by atoms with van der Waals surface area (Å²) < 4.78 is 0.692. The molecule has 0 atom stereocenters. The van der Waals surface area contributed by atoms with Crippen molar-refractivity contribution in [1.82, 2.24) is 0 Å². The van der Waals surface area contributed by atoms with Gasteiger partial charge in [0.1, 0.15) is 5.75 Å². The van der Waals surface area contributed by atoms with Crippen LogP contribution in [0.25, 0.3) is 0 Å². The minimum absolute atomic E-state index is 0.259. The molecule has 1 aromatic rings. The molecule has 0 saturated heterocycles. The Labute approximate surface area is 79.2 Å².